The van der Waals surface area contributed by atoms with Crippen LogP contribution < -0.4 is 5.32 Å². The van der Waals surface area contributed by atoms with Gasteiger partial charge < -0.3 is 10.4 Å². The van der Waals surface area contributed by atoms with Gasteiger partial charge in [-0.25, -0.2) is 0 Å². The Balaban J connectivity index is 3.60. The molecule has 86 valence electrons. The van der Waals surface area contributed by atoms with Gasteiger partial charge in [-0.3, -0.25) is 0 Å². The van der Waals surface area contributed by atoms with E-state index in [0.29, 0.717) is 11.3 Å². The molecular weight excluding hydrogens is 194 g/mol. The van der Waals surface area contributed by atoms with Crippen molar-refractivity contribution >= 4 is 11.8 Å². The SMILES string of the molecule is CCCNC(CC)CSC(C)C(C)O. The second-order valence-corrected chi connectivity index (χ2v) is 5.25. The van der Waals surface area contributed by atoms with Gasteiger partial charge in [-0.05, 0) is 26.3 Å². The molecule has 0 aliphatic carbocycles. The van der Waals surface area contributed by atoms with E-state index < -0.39 is 0 Å². The Morgan fingerprint density at radius 3 is 2.36 bits per heavy atom. The maximum absolute atomic E-state index is 9.34. The zero-order chi connectivity index (χ0) is 11.0. The number of hydrogen-bond acceptors (Lipinski definition) is 3. The van der Waals surface area contributed by atoms with Crippen molar-refractivity contribution in [2.24, 2.45) is 0 Å². The average molecular weight is 219 g/mol. The maximum Gasteiger partial charge on any atom is 0.0628 e. The van der Waals surface area contributed by atoms with Crippen molar-refractivity contribution in [3.05, 3.63) is 0 Å². The zero-order valence-corrected chi connectivity index (χ0v) is 10.7. The fourth-order valence-corrected chi connectivity index (χ4v) is 2.24. The van der Waals surface area contributed by atoms with Crippen LogP contribution in [0, 0.1) is 0 Å². The number of aliphatic hydroxyl groups excluding tert-OH is 1. The number of thioether (sulfide) groups is 1. The van der Waals surface area contributed by atoms with Crippen molar-refractivity contribution in [1.29, 1.82) is 0 Å². The van der Waals surface area contributed by atoms with Crippen LogP contribution in [0.2, 0.25) is 0 Å². The normalized spacial score (nSPS) is 17.8. The molecule has 0 amide bonds. The third kappa shape index (κ3) is 6.68. The topological polar surface area (TPSA) is 32.3 Å². The fraction of sp³-hybridized carbons (Fsp3) is 1.00. The lowest BCUT2D eigenvalue weighted by atomic mass is 10.2. The van der Waals surface area contributed by atoms with Crippen LogP contribution in [0.15, 0.2) is 0 Å². The minimum atomic E-state index is -0.205. The van der Waals surface area contributed by atoms with Crippen molar-refractivity contribution in [3.8, 4) is 0 Å². The lowest BCUT2D eigenvalue weighted by Gasteiger charge is -2.20. The first kappa shape index (κ1) is 14.3. The molecule has 0 fully saturated rings. The number of hydrogen-bond donors (Lipinski definition) is 2. The molecule has 3 heteroatoms. The van der Waals surface area contributed by atoms with E-state index in [1.165, 1.54) is 12.8 Å². The van der Waals surface area contributed by atoms with Gasteiger partial charge in [0.15, 0.2) is 0 Å². The summed E-state index contributed by atoms with van der Waals surface area (Å²) in [5.74, 6) is 1.10. The molecule has 0 aromatic carbocycles. The van der Waals surface area contributed by atoms with Gasteiger partial charge in [0.05, 0.1) is 6.10 Å². The molecular formula is C11H25NOS. The van der Waals surface area contributed by atoms with Crippen molar-refractivity contribution < 1.29 is 5.11 Å². The summed E-state index contributed by atoms with van der Waals surface area (Å²) in [5.41, 5.74) is 0. The predicted molar refractivity (Wildman–Crippen MR) is 66.0 cm³/mol. The number of nitrogens with one attached hydrogen (secondary N) is 1. The Morgan fingerprint density at radius 1 is 1.29 bits per heavy atom. The Morgan fingerprint density at radius 2 is 1.93 bits per heavy atom. The van der Waals surface area contributed by atoms with Crippen molar-refractivity contribution in [3.63, 3.8) is 0 Å². The van der Waals surface area contributed by atoms with Crippen LogP contribution in [0.1, 0.15) is 40.5 Å². The van der Waals surface area contributed by atoms with Crippen molar-refractivity contribution in [2.75, 3.05) is 12.3 Å². The van der Waals surface area contributed by atoms with E-state index in [-0.39, 0.29) is 6.10 Å². The highest BCUT2D eigenvalue weighted by Crippen LogP contribution is 2.16. The zero-order valence-electron chi connectivity index (χ0n) is 9.92. The van der Waals surface area contributed by atoms with E-state index in [4.69, 9.17) is 0 Å². The molecule has 0 bridgehead atoms. The summed E-state index contributed by atoms with van der Waals surface area (Å²) in [4.78, 5) is 0. The fourth-order valence-electron chi connectivity index (χ4n) is 1.08. The molecule has 3 unspecified atom stereocenters. The molecule has 0 saturated carbocycles. The summed E-state index contributed by atoms with van der Waals surface area (Å²) in [5, 5.41) is 13.2. The highest BCUT2D eigenvalue weighted by Gasteiger charge is 2.12. The minimum absolute atomic E-state index is 0.205. The Bertz CT molecular complexity index is 130. The van der Waals surface area contributed by atoms with Crippen molar-refractivity contribution in [1.82, 2.24) is 5.32 Å². The third-order valence-corrected chi connectivity index (χ3v) is 3.93. The lowest BCUT2D eigenvalue weighted by molar-refractivity contribution is 0.196. The van der Waals surface area contributed by atoms with Crippen molar-refractivity contribution in [2.45, 2.75) is 57.9 Å². The third-order valence-electron chi connectivity index (χ3n) is 2.42. The summed E-state index contributed by atoms with van der Waals surface area (Å²) in [7, 11) is 0. The van der Waals surface area contributed by atoms with Gasteiger partial charge in [0.1, 0.15) is 0 Å². The second-order valence-electron chi connectivity index (χ2n) is 3.84. The smallest absolute Gasteiger partial charge is 0.0628 e. The molecule has 0 spiro atoms. The Kier molecular flexibility index (Phi) is 8.73. The molecule has 0 radical (unpaired) electrons. The van der Waals surface area contributed by atoms with Gasteiger partial charge in [-0.2, -0.15) is 11.8 Å². The molecule has 0 aromatic heterocycles. The summed E-state index contributed by atoms with van der Waals surface area (Å²) in [6, 6.07) is 0.598. The van der Waals surface area contributed by atoms with Gasteiger partial charge in [0, 0.05) is 17.0 Å². The maximum atomic E-state index is 9.34. The molecule has 0 aromatic rings. The number of aliphatic hydroxyl groups is 1. The molecule has 2 nitrogen and oxygen atoms in total. The molecule has 0 rings (SSSR count). The summed E-state index contributed by atoms with van der Waals surface area (Å²) < 4.78 is 0. The van der Waals surface area contributed by atoms with Crippen LogP contribution in [0.3, 0.4) is 0 Å². The second kappa shape index (κ2) is 8.57. The van der Waals surface area contributed by atoms with Crippen LogP contribution in [0.25, 0.3) is 0 Å². The monoisotopic (exact) mass is 219 g/mol. The molecule has 14 heavy (non-hydrogen) atoms. The van der Waals surface area contributed by atoms with Gasteiger partial charge >= 0.3 is 0 Å². The quantitative estimate of drug-likeness (QED) is 0.657. The van der Waals surface area contributed by atoms with E-state index in [2.05, 4.69) is 26.1 Å². The first-order valence-corrected chi connectivity index (χ1v) is 6.69. The summed E-state index contributed by atoms with van der Waals surface area (Å²) in [6.07, 6.45) is 2.15. The van der Waals surface area contributed by atoms with Crippen LogP contribution in [0.4, 0.5) is 0 Å². The van der Waals surface area contributed by atoms with Gasteiger partial charge in [0.25, 0.3) is 0 Å². The van der Waals surface area contributed by atoms with E-state index >= 15 is 0 Å². The molecule has 2 N–H and O–H groups in total. The average Bonchev–Trinajstić information content (AvgIpc) is 2.17. The molecule has 0 heterocycles. The van der Waals surface area contributed by atoms with Gasteiger partial charge in [-0.15, -0.1) is 0 Å². The standard InChI is InChI=1S/C11H25NOS/c1-5-7-12-11(6-2)8-14-10(4)9(3)13/h9-13H,5-8H2,1-4H3. The van der Waals surface area contributed by atoms with Crippen LogP contribution in [-0.4, -0.2) is 34.8 Å². The lowest BCUT2D eigenvalue weighted by Crippen LogP contribution is -2.32. The summed E-state index contributed by atoms with van der Waals surface area (Å²) >= 11 is 1.86. The molecule has 0 saturated heterocycles. The number of rotatable bonds is 8. The largest absolute Gasteiger partial charge is 0.392 e. The molecule has 0 aliphatic rings. The Hall–Kier alpha value is 0.270. The summed E-state index contributed by atoms with van der Waals surface area (Å²) in [6.45, 7) is 9.44. The highest BCUT2D eigenvalue weighted by molar-refractivity contribution is 7.99. The Labute approximate surface area is 92.9 Å². The van der Waals surface area contributed by atoms with Crippen LogP contribution in [-0.2, 0) is 0 Å². The first-order valence-electron chi connectivity index (χ1n) is 5.64. The van der Waals surface area contributed by atoms with E-state index in [1.54, 1.807) is 0 Å². The molecule has 3 atom stereocenters. The van der Waals surface area contributed by atoms with Gasteiger partial charge in [-0.1, -0.05) is 20.8 Å². The van der Waals surface area contributed by atoms with Crippen LogP contribution in [0.5, 0.6) is 0 Å². The first-order chi connectivity index (χ1) is 6.61. The van der Waals surface area contributed by atoms with E-state index in [0.717, 1.165) is 12.3 Å². The van der Waals surface area contributed by atoms with E-state index in [1.807, 2.05) is 18.7 Å². The van der Waals surface area contributed by atoms with E-state index in [9.17, 15) is 5.11 Å². The minimum Gasteiger partial charge on any atom is -0.392 e. The van der Waals surface area contributed by atoms with Gasteiger partial charge in [0.2, 0.25) is 0 Å². The highest BCUT2D eigenvalue weighted by atomic mass is 32.2. The predicted octanol–water partition coefficient (Wildman–Crippen LogP) is 2.27. The van der Waals surface area contributed by atoms with Crippen LogP contribution >= 0.6 is 11.8 Å². The molecule has 0 aliphatic heterocycles.